The van der Waals surface area contributed by atoms with Gasteiger partial charge in [0.15, 0.2) is 0 Å². The topological polar surface area (TPSA) is 20.2 Å². The molecule has 2 fully saturated rings. The van der Waals surface area contributed by atoms with Crippen LogP contribution in [0, 0.1) is 17.8 Å². The van der Waals surface area contributed by atoms with Crippen molar-refractivity contribution in [3.8, 4) is 0 Å². The van der Waals surface area contributed by atoms with E-state index in [0.717, 1.165) is 37.0 Å². The highest BCUT2D eigenvalue weighted by Gasteiger charge is 2.39. The minimum Gasteiger partial charge on any atom is -0.393 e. The molecule has 0 saturated heterocycles. The second kappa shape index (κ2) is 4.48. The Labute approximate surface area is 87.2 Å². The molecule has 2 rings (SSSR count). The number of rotatable bonds is 5. The maximum Gasteiger partial charge on any atom is 0.0546 e. The molecule has 0 aliphatic heterocycles. The van der Waals surface area contributed by atoms with Crippen molar-refractivity contribution in [1.29, 1.82) is 0 Å². The van der Waals surface area contributed by atoms with Gasteiger partial charge in [-0.25, -0.2) is 0 Å². The molecule has 2 bridgehead atoms. The first-order valence-electron chi connectivity index (χ1n) is 6.08. The second-order valence-corrected chi connectivity index (χ2v) is 5.19. The van der Waals surface area contributed by atoms with Crippen LogP contribution in [-0.2, 0) is 0 Å². The molecule has 0 spiro atoms. The molecule has 0 heterocycles. The monoisotopic (exact) mass is 194 g/mol. The van der Waals surface area contributed by atoms with Gasteiger partial charge < -0.3 is 5.11 Å². The molecule has 2 aliphatic carbocycles. The molecule has 0 amide bonds. The molecule has 14 heavy (non-hydrogen) atoms. The Morgan fingerprint density at radius 3 is 2.79 bits per heavy atom. The van der Waals surface area contributed by atoms with Gasteiger partial charge >= 0.3 is 0 Å². The summed E-state index contributed by atoms with van der Waals surface area (Å²) in [6.45, 7) is 3.69. The number of fused-ring (bicyclic) bond motifs is 2. The van der Waals surface area contributed by atoms with E-state index >= 15 is 0 Å². The Bertz CT molecular complexity index is 199. The molecule has 4 atom stereocenters. The lowest BCUT2D eigenvalue weighted by Gasteiger charge is -2.23. The third kappa shape index (κ3) is 2.20. The van der Waals surface area contributed by atoms with Gasteiger partial charge in [-0.3, -0.25) is 0 Å². The van der Waals surface area contributed by atoms with E-state index in [1.807, 2.05) is 6.08 Å². The van der Waals surface area contributed by atoms with Gasteiger partial charge in [0.05, 0.1) is 6.10 Å². The molecule has 2 saturated carbocycles. The van der Waals surface area contributed by atoms with Crippen LogP contribution >= 0.6 is 0 Å². The minimum atomic E-state index is -0.0719. The predicted octanol–water partition coefficient (Wildman–Crippen LogP) is 3.14. The maximum atomic E-state index is 9.82. The third-order valence-electron chi connectivity index (χ3n) is 4.16. The fourth-order valence-electron chi connectivity index (χ4n) is 3.44. The molecule has 0 radical (unpaired) electrons. The van der Waals surface area contributed by atoms with Crippen molar-refractivity contribution in [3.05, 3.63) is 12.7 Å². The molecule has 2 aliphatic rings. The summed E-state index contributed by atoms with van der Waals surface area (Å²) in [4.78, 5) is 0. The number of hydrogen-bond donors (Lipinski definition) is 1. The highest BCUT2D eigenvalue weighted by atomic mass is 16.3. The van der Waals surface area contributed by atoms with Gasteiger partial charge in [-0.05, 0) is 56.3 Å². The van der Waals surface area contributed by atoms with E-state index in [2.05, 4.69) is 6.58 Å². The van der Waals surface area contributed by atoms with E-state index in [0.29, 0.717) is 0 Å². The zero-order valence-electron chi connectivity index (χ0n) is 8.99. The molecule has 0 aromatic rings. The van der Waals surface area contributed by atoms with Crippen LogP contribution in [0.3, 0.4) is 0 Å². The fraction of sp³-hybridized carbons (Fsp3) is 0.846. The summed E-state index contributed by atoms with van der Waals surface area (Å²) >= 11 is 0. The van der Waals surface area contributed by atoms with Crippen molar-refractivity contribution in [1.82, 2.24) is 0 Å². The van der Waals surface area contributed by atoms with Gasteiger partial charge in [0, 0.05) is 0 Å². The van der Waals surface area contributed by atoms with Crippen molar-refractivity contribution in [2.45, 2.75) is 51.0 Å². The summed E-state index contributed by atoms with van der Waals surface area (Å²) < 4.78 is 0. The van der Waals surface area contributed by atoms with Crippen molar-refractivity contribution in [3.63, 3.8) is 0 Å². The quantitative estimate of drug-likeness (QED) is 0.667. The number of aliphatic hydroxyl groups is 1. The van der Waals surface area contributed by atoms with Crippen molar-refractivity contribution < 1.29 is 5.11 Å². The van der Waals surface area contributed by atoms with E-state index < -0.39 is 0 Å². The average Bonchev–Trinajstić information content (AvgIpc) is 2.76. The van der Waals surface area contributed by atoms with Crippen LogP contribution in [0.5, 0.6) is 0 Å². The summed E-state index contributed by atoms with van der Waals surface area (Å²) in [5.41, 5.74) is 0. The van der Waals surface area contributed by atoms with Gasteiger partial charge in [0.1, 0.15) is 0 Å². The van der Waals surface area contributed by atoms with E-state index in [9.17, 15) is 5.11 Å². The Morgan fingerprint density at radius 2 is 2.21 bits per heavy atom. The van der Waals surface area contributed by atoms with Gasteiger partial charge in [0.25, 0.3) is 0 Å². The SMILES string of the molecule is C=CCCC(O)CC1CC2CCC1C2. The Morgan fingerprint density at radius 1 is 1.36 bits per heavy atom. The van der Waals surface area contributed by atoms with E-state index in [1.165, 1.54) is 25.7 Å². The second-order valence-electron chi connectivity index (χ2n) is 5.19. The van der Waals surface area contributed by atoms with Gasteiger partial charge in [-0.15, -0.1) is 6.58 Å². The molecule has 80 valence electrons. The molecule has 0 aromatic carbocycles. The third-order valence-corrected chi connectivity index (χ3v) is 4.16. The lowest BCUT2D eigenvalue weighted by atomic mass is 9.84. The van der Waals surface area contributed by atoms with Gasteiger partial charge in [-0.1, -0.05) is 12.5 Å². The lowest BCUT2D eigenvalue weighted by molar-refractivity contribution is 0.117. The molecule has 0 aromatic heterocycles. The smallest absolute Gasteiger partial charge is 0.0546 e. The Kier molecular flexibility index (Phi) is 3.27. The lowest BCUT2D eigenvalue weighted by Crippen LogP contribution is -2.18. The van der Waals surface area contributed by atoms with Crippen LogP contribution in [0.2, 0.25) is 0 Å². The first-order valence-corrected chi connectivity index (χ1v) is 6.08. The Balaban J connectivity index is 1.72. The summed E-state index contributed by atoms with van der Waals surface area (Å²) in [6, 6.07) is 0. The highest BCUT2D eigenvalue weighted by Crippen LogP contribution is 2.49. The van der Waals surface area contributed by atoms with E-state index in [4.69, 9.17) is 0 Å². The van der Waals surface area contributed by atoms with Crippen molar-refractivity contribution in [2.24, 2.45) is 17.8 Å². The summed E-state index contributed by atoms with van der Waals surface area (Å²) in [6.07, 6.45) is 10.5. The normalized spacial score (nSPS) is 37.4. The predicted molar refractivity (Wildman–Crippen MR) is 59.0 cm³/mol. The summed E-state index contributed by atoms with van der Waals surface area (Å²) in [5.74, 6) is 2.81. The number of aliphatic hydroxyl groups excluding tert-OH is 1. The van der Waals surface area contributed by atoms with Crippen LogP contribution < -0.4 is 0 Å². The van der Waals surface area contributed by atoms with Crippen LogP contribution in [0.1, 0.15) is 44.9 Å². The van der Waals surface area contributed by atoms with Crippen LogP contribution in [-0.4, -0.2) is 11.2 Å². The minimum absolute atomic E-state index is 0.0719. The summed E-state index contributed by atoms with van der Waals surface area (Å²) in [5, 5.41) is 9.82. The maximum absolute atomic E-state index is 9.82. The van der Waals surface area contributed by atoms with Crippen LogP contribution in [0.25, 0.3) is 0 Å². The molecule has 1 nitrogen and oxygen atoms in total. The zero-order chi connectivity index (χ0) is 9.97. The first kappa shape index (κ1) is 10.2. The number of allylic oxidation sites excluding steroid dienone is 1. The van der Waals surface area contributed by atoms with E-state index in [1.54, 1.807) is 0 Å². The average molecular weight is 194 g/mol. The van der Waals surface area contributed by atoms with E-state index in [-0.39, 0.29) is 6.10 Å². The fourth-order valence-corrected chi connectivity index (χ4v) is 3.44. The van der Waals surface area contributed by atoms with Crippen LogP contribution in [0.4, 0.5) is 0 Å². The zero-order valence-corrected chi connectivity index (χ0v) is 8.99. The largest absolute Gasteiger partial charge is 0.393 e. The number of hydrogen-bond acceptors (Lipinski definition) is 1. The molecule has 1 heteroatoms. The van der Waals surface area contributed by atoms with Gasteiger partial charge in [-0.2, -0.15) is 0 Å². The Hall–Kier alpha value is -0.300. The molecular weight excluding hydrogens is 172 g/mol. The first-order chi connectivity index (χ1) is 6.79. The van der Waals surface area contributed by atoms with Crippen molar-refractivity contribution >= 4 is 0 Å². The van der Waals surface area contributed by atoms with Crippen LogP contribution in [0.15, 0.2) is 12.7 Å². The molecule has 1 N–H and O–H groups in total. The molecule has 4 unspecified atom stereocenters. The van der Waals surface area contributed by atoms with Crippen molar-refractivity contribution in [2.75, 3.05) is 0 Å². The summed E-state index contributed by atoms with van der Waals surface area (Å²) in [7, 11) is 0. The molecular formula is C13H22O. The highest BCUT2D eigenvalue weighted by molar-refractivity contribution is 4.90. The van der Waals surface area contributed by atoms with Gasteiger partial charge in [0.2, 0.25) is 0 Å². The standard InChI is InChI=1S/C13H22O/c1-2-3-4-13(14)9-12-8-10-5-6-11(12)7-10/h2,10-14H,1,3-9H2.